The van der Waals surface area contributed by atoms with Crippen LogP contribution in [0.5, 0.6) is 11.5 Å². The Bertz CT molecular complexity index is 1140. The molecule has 184 valence electrons. The SMILES string of the molecule is COC(=O)CC1COc2cc(OC3CCc4c(C5=CCCCC56CCOCC6)cccc43)ccc21. The van der Waals surface area contributed by atoms with Gasteiger partial charge in [-0.3, -0.25) is 4.79 Å². The second-order valence-electron chi connectivity index (χ2n) is 10.4. The molecule has 1 fully saturated rings. The van der Waals surface area contributed by atoms with Gasteiger partial charge in [0.15, 0.2) is 0 Å². The van der Waals surface area contributed by atoms with Gasteiger partial charge >= 0.3 is 5.97 Å². The van der Waals surface area contributed by atoms with Gasteiger partial charge in [-0.15, -0.1) is 0 Å². The molecule has 5 nitrogen and oxygen atoms in total. The number of ether oxygens (including phenoxy) is 4. The van der Waals surface area contributed by atoms with Crippen molar-refractivity contribution in [3.8, 4) is 11.5 Å². The Hall–Kier alpha value is -2.79. The first-order chi connectivity index (χ1) is 17.2. The van der Waals surface area contributed by atoms with Gasteiger partial charge in [0, 0.05) is 30.8 Å². The smallest absolute Gasteiger partial charge is 0.306 e. The van der Waals surface area contributed by atoms with E-state index in [0.29, 0.717) is 13.0 Å². The molecule has 2 heterocycles. The Morgan fingerprint density at radius 1 is 1.11 bits per heavy atom. The first-order valence-corrected chi connectivity index (χ1v) is 13.1. The summed E-state index contributed by atoms with van der Waals surface area (Å²) in [5, 5.41) is 0. The molecule has 1 saturated heterocycles. The molecule has 2 atom stereocenters. The summed E-state index contributed by atoms with van der Waals surface area (Å²) in [5.41, 5.74) is 7.13. The fraction of sp³-hybridized carbons (Fsp3) is 0.500. The van der Waals surface area contributed by atoms with E-state index in [0.717, 1.165) is 56.0 Å². The normalized spacial score (nSPS) is 24.3. The number of rotatable bonds is 5. The number of allylic oxidation sites excluding steroid dienone is 2. The Kier molecular flexibility index (Phi) is 6.05. The number of carbonyl (C=O) groups excluding carboxylic acids is 1. The first-order valence-electron chi connectivity index (χ1n) is 13.1. The van der Waals surface area contributed by atoms with Gasteiger partial charge in [0.05, 0.1) is 20.1 Å². The van der Waals surface area contributed by atoms with Crippen LogP contribution in [-0.2, 0) is 20.7 Å². The quantitative estimate of drug-likeness (QED) is 0.486. The van der Waals surface area contributed by atoms with Crippen LogP contribution in [0.2, 0.25) is 0 Å². The lowest BCUT2D eigenvalue weighted by atomic mass is 9.65. The number of benzene rings is 2. The summed E-state index contributed by atoms with van der Waals surface area (Å²) >= 11 is 0. The number of carbonyl (C=O) groups is 1. The van der Waals surface area contributed by atoms with E-state index < -0.39 is 0 Å². The van der Waals surface area contributed by atoms with Crippen LogP contribution in [0.25, 0.3) is 5.57 Å². The molecule has 4 aliphatic rings. The van der Waals surface area contributed by atoms with Gasteiger partial charge in [-0.1, -0.05) is 30.3 Å². The molecular weight excluding hydrogens is 440 g/mol. The molecule has 0 radical (unpaired) electrons. The Morgan fingerprint density at radius 3 is 2.86 bits per heavy atom. The molecule has 5 heteroatoms. The number of hydrogen-bond acceptors (Lipinski definition) is 5. The van der Waals surface area contributed by atoms with Gasteiger partial charge in [0.2, 0.25) is 0 Å². The topological polar surface area (TPSA) is 54.0 Å². The number of fused-ring (bicyclic) bond motifs is 2. The zero-order chi connectivity index (χ0) is 23.8. The summed E-state index contributed by atoms with van der Waals surface area (Å²) in [6.07, 6.45) is 10.9. The van der Waals surface area contributed by atoms with Crippen LogP contribution in [0, 0.1) is 5.41 Å². The lowest BCUT2D eigenvalue weighted by molar-refractivity contribution is -0.141. The second kappa shape index (κ2) is 9.34. The Labute approximate surface area is 207 Å². The van der Waals surface area contributed by atoms with Gasteiger partial charge in [0.1, 0.15) is 17.6 Å². The van der Waals surface area contributed by atoms with Crippen LogP contribution in [0.3, 0.4) is 0 Å². The highest BCUT2D eigenvalue weighted by molar-refractivity contribution is 5.75. The summed E-state index contributed by atoms with van der Waals surface area (Å²) in [5.74, 6) is 1.48. The Balaban J connectivity index is 1.24. The third-order valence-electron chi connectivity index (χ3n) is 8.52. The maximum absolute atomic E-state index is 11.7. The fourth-order valence-electron chi connectivity index (χ4n) is 6.65. The van der Waals surface area contributed by atoms with Crippen molar-refractivity contribution >= 4 is 11.5 Å². The Morgan fingerprint density at radius 2 is 2.00 bits per heavy atom. The molecule has 2 aromatic carbocycles. The summed E-state index contributed by atoms with van der Waals surface area (Å²) < 4.78 is 23.0. The highest BCUT2D eigenvalue weighted by Gasteiger charge is 2.40. The molecule has 0 amide bonds. The molecule has 2 aromatic rings. The van der Waals surface area contributed by atoms with Gasteiger partial charge in [-0.25, -0.2) is 0 Å². The minimum absolute atomic E-state index is 0.0440. The van der Waals surface area contributed by atoms with Crippen molar-refractivity contribution in [2.24, 2.45) is 5.41 Å². The number of hydrogen-bond donors (Lipinski definition) is 0. The molecule has 2 aliphatic heterocycles. The maximum Gasteiger partial charge on any atom is 0.306 e. The van der Waals surface area contributed by atoms with Crippen LogP contribution in [0.15, 0.2) is 42.5 Å². The van der Waals surface area contributed by atoms with Crippen LogP contribution < -0.4 is 9.47 Å². The lowest BCUT2D eigenvalue weighted by Crippen LogP contribution is -2.32. The van der Waals surface area contributed by atoms with Crippen molar-refractivity contribution < 1.29 is 23.7 Å². The summed E-state index contributed by atoms with van der Waals surface area (Å²) in [6, 6.07) is 12.8. The highest BCUT2D eigenvalue weighted by atomic mass is 16.5. The van der Waals surface area contributed by atoms with E-state index >= 15 is 0 Å². The van der Waals surface area contributed by atoms with Gasteiger partial charge in [-0.05, 0) is 78.7 Å². The summed E-state index contributed by atoms with van der Waals surface area (Å²) in [6.45, 7) is 2.25. The predicted octanol–water partition coefficient (Wildman–Crippen LogP) is 6.16. The second-order valence-corrected chi connectivity index (χ2v) is 10.4. The van der Waals surface area contributed by atoms with Crippen LogP contribution in [-0.4, -0.2) is 32.9 Å². The molecule has 0 aromatic heterocycles. The lowest BCUT2D eigenvalue weighted by Gasteiger charge is -2.42. The molecule has 2 unspecified atom stereocenters. The summed E-state index contributed by atoms with van der Waals surface area (Å²) in [7, 11) is 1.43. The van der Waals surface area contributed by atoms with Crippen molar-refractivity contribution in [1.82, 2.24) is 0 Å². The van der Waals surface area contributed by atoms with Crippen LogP contribution >= 0.6 is 0 Å². The molecule has 0 N–H and O–H groups in total. The minimum Gasteiger partial charge on any atom is -0.492 e. The first kappa shape index (κ1) is 22.7. The van der Waals surface area contributed by atoms with E-state index in [4.69, 9.17) is 18.9 Å². The van der Waals surface area contributed by atoms with Crippen molar-refractivity contribution in [1.29, 1.82) is 0 Å². The zero-order valence-electron chi connectivity index (χ0n) is 20.5. The highest BCUT2D eigenvalue weighted by Crippen LogP contribution is 2.52. The monoisotopic (exact) mass is 474 g/mol. The molecule has 6 rings (SSSR count). The average molecular weight is 475 g/mol. The van der Waals surface area contributed by atoms with Crippen molar-refractivity contribution in [3.05, 3.63) is 64.7 Å². The third-order valence-corrected chi connectivity index (χ3v) is 8.52. The van der Waals surface area contributed by atoms with E-state index in [-0.39, 0.29) is 23.4 Å². The van der Waals surface area contributed by atoms with E-state index in [1.165, 1.54) is 43.1 Å². The van der Waals surface area contributed by atoms with E-state index in [2.05, 4.69) is 24.3 Å². The molecule has 0 saturated carbocycles. The third kappa shape index (κ3) is 4.14. The zero-order valence-corrected chi connectivity index (χ0v) is 20.5. The van der Waals surface area contributed by atoms with E-state index in [1.54, 1.807) is 5.57 Å². The molecule has 2 aliphatic carbocycles. The largest absolute Gasteiger partial charge is 0.492 e. The maximum atomic E-state index is 11.7. The van der Waals surface area contributed by atoms with Gasteiger partial charge < -0.3 is 18.9 Å². The van der Waals surface area contributed by atoms with Crippen molar-refractivity contribution in [2.45, 2.75) is 63.4 Å². The molecule has 35 heavy (non-hydrogen) atoms. The van der Waals surface area contributed by atoms with Gasteiger partial charge in [-0.2, -0.15) is 0 Å². The van der Waals surface area contributed by atoms with Crippen molar-refractivity contribution in [3.63, 3.8) is 0 Å². The fourth-order valence-corrected chi connectivity index (χ4v) is 6.65. The molecular formula is C30H34O5. The molecule has 1 spiro atoms. The van der Waals surface area contributed by atoms with E-state index in [9.17, 15) is 4.79 Å². The number of esters is 1. The molecule has 0 bridgehead atoms. The van der Waals surface area contributed by atoms with Crippen LogP contribution in [0.1, 0.15) is 79.2 Å². The van der Waals surface area contributed by atoms with Crippen LogP contribution in [0.4, 0.5) is 0 Å². The standard InChI is InChI=1S/C30H34O5/c1-32-29(31)17-20-19-34-28-18-21(8-9-22(20)28)35-27-11-10-23-24(5-4-6-25(23)27)26-7-2-3-12-30(26)13-15-33-16-14-30/h4-9,18,20,27H,2-3,10-17,19H2,1H3. The number of methoxy groups -OCH3 is 1. The average Bonchev–Trinajstić information content (AvgIpc) is 3.49. The van der Waals surface area contributed by atoms with E-state index in [1.807, 2.05) is 18.2 Å². The predicted molar refractivity (Wildman–Crippen MR) is 134 cm³/mol. The van der Waals surface area contributed by atoms with Gasteiger partial charge in [0.25, 0.3) is 0 Å². The summed E-state index contributed by atoms with van der Waals surface area (Å²) in [4.78, 5) is 11.7. The minimum atomic E-state index is -0.208. The van der Waals surface area contributed by atoms with Crippen molar-refractivity contribution in [2.75, 3.05) is 26.9 Å².